The Labute approximate surface area is 155 Å². The van der Waals surface area contributed by atoms with Crippen molar-refractivity contribution in [1.29, 1.82) is 0 Å². The number of aliphatic imine (C=N–C) groups is 1. The molecule has 0 fully saturated rings. The molecule has 0 spiro atoms. The lowest BCUT2D eigenvalue weighted by Crippen LogP contribution is -2.50. The summed E-state index contributed by atoms with van der Waals surface area (Å²) in [7, 11) is -3.64. The number of aryl methyl sites for hydroxylation is 1. The summed E-state index contributed by atoms with van der Waals surface area (Å²) in [5.74, 6) is -0.797. The molecule has 0 saturated heterocycles. The van der Waals surface area contributed by atoms with Crippen molar-refractivity contribution in [1.82, 2.24) is 9.62 Å². The van der Waals surface area contributed by atoms with Crippen molar-refractivity contribution in [2.24, 2.45) is 10.7 Å². The van der Waals surface area contributed by atoms with Gasteiger partial charge in [0.1, 0.15) is 5.92 Å². The Bertz CT molecular complexity index is 849. The van der Waals surface area contributed by atoms with Gasteiger partial charge in [0.05, 0.1) is 4.90 Å². The number of rotatable bonds is 4. The average molecular weight is 429 g/mol. The van der Waals surface area contributed by atoms with Crippen molar-refractivity contribution in [3.05, 3.63) is 27.7 Å². The van der Waals surface area contributed by atoms with Crippen molar-refractivity contribution in [3.8, 4) is 0 Å². The van der Waals surface area contributed by atoms with Crippen LogP contribution in [0.3, 0.4) is 0 Å². The molecule has 7 nitrogen and oxygen atoms in total. The number of nitrogens with two attached hydrogens (primary N) is 1. The minimum absolute atomic E-state index is 0.180. The van der Waals surface area contributed by atoms with Gasteiger partial charge < -0.3 is 5.32 Å². The van der Waals surface area contributed by atoms with Gasteiger partial charge in [0.15, 0.2) is 6.29 Å². The first-order valence-corrected chi connectivity index (χ1v) is 10.5. The predicted octanol–water partition coefficient (Wildman–Crippen LogP) is 1.32. The van der Waals surface area contributed by atoms with Crippen LogP contribution in [0.15, 0.2) is 26.5 Å². The maximum atomic E-state index is 12.9. The number of hydrogen-bond donors (Lipinski definition) is 2. The molecule has 1 aromatic rings. The van der Waals surface area contributed by atoms with E-state index in [9.17, 15) is 13.2 Å². The van der Waals surface area contributed by atoms with E-state index in [0.29, 0.717) is 36.0 Å². The van der Waals surface area contributed by atoms with Crippen LogP contribution in [0.2, 0.25) is 0 Å². The van der Waals surface area contributed by atoms with Gasteiger partial charge in [-0.2, -0.15) is 4.31 Å². The van der Waals surface area contributed by atoms with Crippen LogP contribution in [0.5, 0.6) is 0 Å². The van der Waals surface area contributed by atoms with E-state index in [1.165, 1.54) is 4.31 Å². The normalized spacial score (nSPS) is 22.9. The molecule has 136 valence electrons. The van der Waals surface area contributed by atoms with Gasteiger partial charge in [0.2, 0.25) is 15.9 Å². The second kappa shape index (κ2) is 6.79. The van der Waals surface area contributed by atoms with Gasteiger partial charge in [0.25, 0.3) is 0 Å². The SMILES string of the molecule is CCN(CC)S(=O)(=O)c1cc2c(cc1Br)CCC1=NC(N)NC(=O)C12. The van der Waals surface area contributed by atoms with Gasteiger partial charge >= 0.3 is 0 Å². The molecule has 1 amide bonds. The fourth-order valence-electron chi connectivity index (χ4n) is 3.45. The molecule has 0 aromatic heterocycles. The van der Waals surface area contributed by atoms with Crippen LogP contribution in [-0.4, -0.2) is 43.7 Å². The smallest absolute Gasteiger partial charge is 0.244 e. The number of halogens is 1. The fourth-order valence-corrected chi connectivity index (χ4v) is 6.00. The van der Waals surface area contributed by atoms with Crippen LogP contribution in [0.4, 0.5) is 0 Å². The van der Waals surface area contributed by atoms with Crippen LogP contribution in [0, 0.1) is 0 Å². The molecule has 1 aliphatic heterocycles. The highest BCUT2D eigenvalue weighted by atomic mass is 79.9. The summed E-state index contributed by atoms with van der Waals surface area (Å²) in [5.41, 5.74) is 8.10. The Balaban J connectivity index is 2.15. The number of nitrogens with zero attached hydrogens (tertiary/aromatic N) is 2. The summed E-state index contributed by atoms with van der Waals surface area (Å²) < 4.78 is 27.8. The standard InChI is InChI=1S/C16H21BrN4O3S/c1-3-21(4-2)25(23,24)13-8-10-9(7-11(13)17)5-6-12-14(10)15(22)20-16(18)19-12/h7-8,14,16H,3-6,18H2,1-2H3,(H,20,22). The van der Waals surface area contributed by atoms with E-state index in [1.807, 2.05) is 6.07 Å². The number of nitrogens with one attached hydrogen (secondary N) is 1. The monoisotopic (exact) mass is 428 g/mol. The molecule has 0 bridgehead atoms. The average Bonchev–Trinajstić information content (AvgIpc) is 2.54. The molecule has 9 heteroatoms. The molecule has 1 heterocycles. The molecule has 2 aliphatic rings. The van der Waals surface area contributed by atoms with Crippen LogP contribution < -0.4 is 11.1 Å². The van der Waals surface area contributed by atoms with Gasteiger partial charge in [-0.1, -0.05) is 13.8 Å². The molecule has 0 saturated carbocycles. The fraction of sp³-hybridized carbons (Fsp3) is 0.500. The topological polar surface area (TPSA) is 105 Å². The van der Waals surface area contributed by atoms with E-state index in [4.69, 9.17) is 5.73 Å². The van der Waals surface area contributed by atoms with Crippen LogP contribution in [-0.2, 0) is 21.2 Å². The third kappa shape index (κ3) is 3.14. The lowest BCUT2D eigenvalue weighted by molar-refractivity contribution is -0.122. The van der Waals surface area contributed by atoms with Gasteiger partial charge in [-0.25, -0.2) is 8.42 Å². The Kier molecular flexibility index (Phi) is 5.02. The molecule has 2 atom stereocenters. The molecule has 3 rings (SSSR count). The summed E-state index contributed by atoms with van der Waals surface area (Å²) in [6.07, 6.45) is 0.622. The highest BCUT2D eigenvalue weighted by Gasteiger charge is 2.37. The third-order valence-electron chi connectivity index (χ3n) is 4.67. The number of fused-ring (bicyclic) bond motifs is 3. The van der Waals surface area contributed by atoms with Gasteiger partial charge in [0, 0.05) is 23.3 Å². The number of carbonyl (C=O) groups excluding carboxylic acids is 1. The Morgan fingerprint density at radius 1 is 1.32 bits per heavy atom. The van der Waals surface area contributed by atoms with Gasteiger partial charge in [-0.05, 0) is 52.0 Å². The van der Waals surface area contributed by atoms with E-state index in [0.717, 1.165) is 11.3 Å². The maximum absolute atomic E-state index is 12.9. The number of carbonyl (C=O) groups is 1. The lowest BCUT2D eigenvalue weighted by Gasteiger charge is -2.32. The highest BCUT2D eigenvalue weighted by molar-refractivity contribution is 9.10. The van der Waals surface area contributed by atoms with Crippen molar-refractivity contribution >= 4 is 37.6 Å². The van der Waals surface area contributed by atoms with E-state index in [1.54, 1.807) is 19.9 Å². The molecule has 25 heavy (non-hydrogen) atoms. The first-order valence-electron chi connectivity index (χ1n) is 8.24. The zero-order valence-corrected chi connectivity index (χ0v) is 16.5. The quantitative estimate of drug-likeness (QED) is 0.753. The third-order valence-corrected chi connectivity index (χ3v) is 7.68. The zero-order valence-electron chi connectivity index (χ0n) is 14.1. The molecular weight excluding hydrogens is 408 g/mol. The summed E-state index contributed by atoms with van der Waals surface area (Å²) >= 11 is 3.39. The van der Waals surface area contributed by atoms with Crippen LogP contribution in [0.25, 0.3) is 0 Å². The second-order valence-corrected chi connectivity index (χ2v) is 8.84. The van der Waals surface area contributed by atoms with Crippen molar-refractivity contribution in [2.45, 2.75) is 43.8 Å². The number of sulfonamides is 1. The van der Waals surface area contributed by atoms with Crippen molar-refractivity contribution < 1.29 is 13.2 Å². The first-order chi connectivity index (χ1) is 11.8. The van der Waals surface area contributed by atoms with E-state index < -0.39 is 22.2 Å². The summed E-state index contributed by atoms with van der Waals surface area (Å²) in [4.78, 5) is 17.0. The minimum atomic E-state index is -3.64. The molecular formula is C16H21BrN4O3S. The number of amides is 1. The minimum Gasteiger partial charge on any atom is -0.321 e. The molecule has 2 unspecified atom stereocenters. The largest absolute Gasteiger partial charge is 0.321 e. The molecule has 3 N–H and O–H groups in total. The zero-order chi connectivity index (χ0) is 18.4. The van der Waals surface area contributed by atoms with Crippen LogP contribution in [0.1, 0.15) is 37.3 Å². The van der Waals surface area contributed by atoms with E-state index >= 15 is 0 Å². The molecule has 1 aromatic carbocycles. The second-order valence-electron chi connectivity index (χ2n) is 6.08. The number of benzene rings is 1. The van der Waals surface area contributed by atoms with Crippen molar-refractivity contribution in [2.75, 3.05) is 13.1 Å². The Morgan fingerprint density at radius 3 is 2.64 bits per heavy atom. The Hall–Kier alpha value is -1.29. The first kappa shape index (κ1) is 18.5. The Morgan fingerprint density at radius 2 is 2.00 bits per heavy atom. The molecule has 1 aliphatic carbocycles. The highest BCUT2D eigenvalue weighted by Crippen LogP contribution is 2.37. The lowest BCUT2D eigenvalue weighted by atomic mass is 9.80. The summed E-state index contributed by atoms with van der Waals surface area (Å²) in [5, 5.41) is 2.62. The van der Waals surface area contributed by atoms with E-state index in [-0.39, 0.29) is 10.8 Å². The summed E-state index contributed by atoms with van der Waals surface area (Å²) in [6, 6.07) is 3.42. The summed E-state index contributed by atoms with van der Waals surface area (Å²) in [6.45, 7) is 4.36. The van der Waals surface area contributed by atoms with Crippen molar-refractivity contribution in [3.63, 3.8) is 0 Å². The molecule has 0 radical (unpaired) electrons. The predicted molar refractivity (Wildman–Crippen MR) is 98.9 cm³/mol. The van der Waals surface area contributed by atoms with E-state index in [2.05, 4.69) is 26.2 Å². The van der Waals surface area contributed by atoms with Gasteiger partial charge in [-0.3, -0.25) is 15.5 Å². The van der Waals surface area contributed by atoms with Gasteiger partial charge in [-0.15, -0.1) is 0 Å². The number of hydrogen-bond acceptors (Lipinski definition) is 5. The van der Waals surface area contributed by atoms with Crippen LogP contribution >= 0.6 is 15.9 Å². The maximum Gasteiger partial charge on any atom is 0.244 e.